The molecule has 0 amide bonds. The molecule has 7 heteroatoms. The van der Waals surface area contributed by atoms with E-state index in [2.05, 4.69) is 15.2 Å². The third-order valence-electron chi connectivity index (χ3n) is 3.09. The average Bonchev–Trinajstić information content (AvgIpc) is 2.71. The van der Waals surface area contributed by atoms with Crippen LogP contribution in [0.4, 0.5) is 11.4 Å². The van der Waals surface area contributed by atoms with Crippen molar-refractivity contribution in [3.63, 3.8) is 0 Å². The Balaban J connectivity index is 2.00. The van der Waals surface area contributed by atoms with Gasteiger partial charge in [-0.3, -0.25) is 9.78 Å². The first kappa shape index (κ1) is 11.6. The number of hydrogen-bond acceptors (Lipinski definition) is 5. The molecule has 0 bridgehead atoms. The van der Waals surface area contributed by atoms with Crippen LogP contribution in [0, 0.1) is 0 Å². The fourth-order valence-electron chi connectivity index (χ4n) is 2.14. The maximum absolute atomic E-state index is 12.1. The second kappa shape index (κ2) is 4.68. The van der Waals surface area contributed by atoms with Gasteiger partial charge in [0.15, 0.2) is 0 Å². The van der Waals surface area contributed by atoms with Crippen molar-refractivity contribution in [3.8, 4) is 5.88 Å². The Labute approximate surface area is 108 Å². The molecule has 0 aromatic carbocycles. The van der Waals surface area contributed by atoms with Gasteiger partial charge in [-0.2, -0.15) is 0 Å². The molecular weight excluding hydrogens is 246 g/mol. The molecule has 2 aromatic heterocycles. The zero-order valence-electron chi connectivity index (χ0n) is 10.2. The van der Waals surface area contributed by atoms with Gasteiger partial charge in [-0.25, -0.2) is 9.36 Å². The van der Waals surface area contributed by atoms with Crippen molar-refractivity contribution < 1.29 is 5.11 Å². The molecule has 1 aliphatic heterocycles. The molecule has 3 heterocycles. The number of pyridine rings is 1. The standard InChI is InChI=1S/C12H13N5O2/c18-11-10(15-14-9-4-3-5-13-8-9)12(19)17-7-2-1-6-16(11)17/h3-5,8,18H,1-2,6-7H2. The Bertz CT molecular complexity index is 671. The maximum Gasteiger partial charge on any atom is 0.298 e. The van der Waals surface area contributed by atoms with Crippen molar-refractivity contribution in [1.82, 2.24) is 14.3 Å². The molecule has 0 saturated heterocycles. The van der Waals surface area contributed by atoms with Gasteiger partial charge in [0.05, 0.1) is 6.20 Å². The number of azo groups is 1. The summed E-state index contributed by atoms with van der Waals surface area (Å²) in [4.78, 5) is 16.0. The quantitative estimate of drug-likeness (QED) is 0.836. The van der Waals surface area contributed by atoms with Crippen LogP contribution in [0.5, 0.6) is 5.88 Å². The smallest absolute Gasteiger partial charge is 0.298 e. The number of nitrogens with zero attached hydrogens (tertiary/aromatic N) is 5. The van der Waals surface area contributed by atoms with Crippen LogP contribution in [0.25, 0.3) is 0 Å². The molecule has 98 valence electrons. The predicted molar refractivity (Wildman–Crippen MR) is 68.0 cm³/mol. The van der Waals surface area contributed by atoms with Gasteiger partial charge in [0.1, 0.15) is 5.69 Å². The first-order valence-corrected chi connectivity index (χ1v) is 6.12. The minimum absolute atomic E-state index is 0.00856. The Morgan fingerprint density at radius 2 is 2.00 bits per heavy atom. The van der Waals surface area contributed by atoms with Crippen LogP contribution in [0.1, 0.15) is 12.8 Å². The van der Waals surface area contributed by atoms with Gasteiger partial charge < -0.3 is 5.11 Å². The normalized spacial score (nSPS) is 14.7. The van der Waals surface area contributed by atoms with E-state index in [4.69, 9.17) is 0 Å². The van der Waals surface area contributed by atoms with Gasteiger partial charge in [0.25, 0.3) is 5.56 Å². The SMILES string of the molecule is O=c1c(N=Nc2cccnc2)c(O)n2n1CCCC2. The van der Waals surface area contributed by atoms with Crippen molar-refractivity contribution >= 4 is 11.4 Å². The molecule has 0 unspecified atom stereocenters. The van der Waals surface area contributed by atoms with E-state index in [1.54, 1.807) is 23.0 Å². The third kappa shape index (κ3) is 2.03. The summed E-state index contributed by atoms with van der Waals surface area (Å²) in [5.41, 5.74) is 0.228. The van der Waals surface area contributed by atoms with E-state index in [1.807, 2.05) is 0 Å². The molecule has 0 spiro atoms. The lowest BCUT2D eigenvalue weighted by Gasteiger charge is -2.16. The predicted octanol–water partition coefficient (Wildman–Crippen LogP) is 1.96. The highest BCUT2D eigenvalue weighted by molar-refractivity contribution is 5.45. The Kier molecular flexibility index (Phi) is 2.86. The molecule has 19 heavy (non-hydrogen) atoms. The molecule has 3 rings (SSSR count). The molecule has 1 N–H and O–H groups in total. The van der Waals surface area contributed by atoms with Gasteiger partial charge in [-0.1, -0.05) is 0 Å². The molecule has 0 atom stereocenters. The van der Waals surface area contributed by atoms with Gasteiger partial charge in [-0.15, -0.1) is 10.2 Å². The lowest BCUT2D eigenvalue weighted by atomic mass is 10.3. The molecule has 0 saturated carbocycles. The summed E-state index contributed by atoms with van der Waals surface area (Å²) in [6.07, 6.45) is 5.04. The molecule has 2 aromatic rings. The fourth-order valence-corrected chi connectivity index (χ4v) is 2.14. The third-order valence-corrected chi connectivity index (χ3v) is 3.09. The highest BCUT2D eigenvalue weighted by atomic mass is 16.3. The van der Waals surface area contributed by atoms with E-state index in [1.165, 1.54) is 10.9 Å². The Hall–Kier alpha value is -2.44. The van der Waals surface area contributed by atoms with Crippen LogP contribution in [0.2, 0.25) is 0 Å². The Morgan fingerprint density at radius 1 is 1.21 bits per heavy atom. The maximum atomic E-state index is 12.1. The van der Waals surface area contributed by atoms with E-state index in [-0.39, 0.29) is 17.1 Å². The monoisotopic (exact) mass is 259 g/mol. The molecule has 0 aliphatic carbocycles. The summed E-state index contributed by atoms with van der Waals surface area (Å²) < 4.78 is 3.07. The largest absolute Gasteiger partial charge is 0.492 e. The van der Waals surface area contributed by atoms with Crippen molar-refractivity contribution in [1.29, 1.82) is 0 Å². The first-order chi connectivity index (χ1) is 9.27. The number of hydrogen-bond donors (Lipinski definition) is 1. The zero-order valence-corrected chi connectivity index (χ0v) is 10.2. The van der Waals surface area contributed by atoms with E-state index < -0.39 is 0 Å². The molecule has 0 radical (unpaired) electrons. The lowest BCUT2D eigenvalue weighted by Crippen LogP contribution is -2.26. The first-order valence-electron chi connectivity index (χ1n) is 6.12. The van der Waals surface area contributed by atoms with Crippen LogP contribution in [-0.2, 0) is 13.1 Å². The van der Waals surface area contributed by atoms with Crippen LogP contribution < -0.4 is 5.56 Å². The summed E-state index contributed by atoms with van der Waals surface area (Å²) in [5.74, 6) is -0.114. The Morgan fingerprint density at radius 3 is 2.68 bits per heavy atom. The topological polar surface area (TPSA) is 84.8 Å². The number of fused-ring (bicyclic) bond motifs is 1. The van der Waals surface area contributed by atoms with Crippen molar-refractivity contribution in [2.75, 3.05) is 0 Å². The number of aromatic hydroxyl groups is 1. The van der Waals surface area contributed by atoms with E-state index in [0.29, 0.717) is 18.8 Å². The van der Waals surface area contributed by atoms with E-state index >= 15 is 0 Å². The van der Waals surface area contributed by atoms with Gasteiger partial charge >= 0.3 is 0 Å². The molecular formula is C12H13N5O2. The second-order valence-corrected chi connectivity index (χ2v) is 4.34. The van der Waals surface area contributed by atoms with Crippen molar-refractivity contribution in [3.05, 3.63) is 34.9 Å². The van der Waals surface area contributed by atoms with Gasteiger partial charge in [0.2, 0.25) is 11.6 Å². The highest BCUT2D eigenvalue weighted by Crippen LogP contribution is 2.27. The molecule has 0 fully saturated rings. The number of rotatable bonds is 2. The summed E-state index contributed by atoms with van der Waals surface area (Å²) in [6, 6.07) is 3.45. The average molecular weight is 259 g/mol. The van der Waals surface area contributed by atoms with E-state index in [9.17, 15) is 9.90 Å². The minimum Gasteiger partial charge on any atom is -0.492 e. The molecule has 1 aliphatic rings. The highest BCUT2D eigenvalue weighted by Gasteiger charge is 2.21. The summed E-state index contributed by atoms with van der Waals surface area (Å²) in [6.45, 7) is 1.23. The van der Waals surface area contributed by atoms with Crippen LogP contribution in [-0.4, -0.2) is 19.5 Å². The van der Waals surface area contributed by atoms with Crippen molar-refractivity contribution in [2.45, 2.75) is 25.9 Å². The number of aromatic nitrogens is 3. The summed E-state index contributed by atoms with van der Waals surface area (Å²) in [5, 5.41) is 17.8. The van der Waals surface area contributed by atoms with Crippen molar-refractivity contribution in [2.24, 2.45) is 10.2 Å². The summed E-state index contributed by atoms with van der Waals surface area (Å²) in [7, 11) is 0. The second-order valence-electron chi connectivity index (χ2n) is 4.34. The van der Waals surface area contributed by atoms with E-state index in [0.717, 1.165) is 12.8 Å². The summed E-state index contributed by atoms with van der Waals surface area (Å²) >= 11 is 0. The fraction of sp³-hybridized carbons (Fsp3) is 0.333. The van der Waals surface area contributed by atoms with Gasteiger partial charge in [-0.05, 0) is 25.0 Å². The molecule has 7 nitrogen and oxygen atoms in total. The van der Waals surface area contributed by atoms with Crippen LogP contribution >= 0.6 is 0 Å². The van der Waals surface area contributed by atoms with Crippen LogP contribution in [0.3, 0.4) is 0 Å². The minimum atomic E-state index is -0.301. The van der Waals surface area contributed by atoms with Gasteiger partial charge in [0, 0.05) is 19.3 Å². The van der Waals surface area contributed by atoms with Crippen LogP contribution in [0.15, 0.2) is 39.5 Å². The lowest BCUT2D eigenvalue weighted by molar-refractivity contribution is 0.305. The zero-order chi connectivity index (χ0) is 13.2.